The van der Waals surface area contributed by atoms with Gasteiger partial charge in [0.05, 0.1) is 13.0 Å². The van der Waals surface area contributed by atoms with Crippen molar-refractivity contribution in [2.45, 2.75) is 225 Å². The lowest BCUT2D eigenvalue weighted by Gasteiger charge is -2.40. The fourth-order valence-electron chi connectivity index (χ4n) is 7.72. The van der Waals surface area contributed by atoms with Crippen LogP contribution in [0.2, 0.25) is 0 Å². The number of allylic oxidation sites excluding steroid dienone is 25. The molecule has 1 aliphatic heterocycles. The van der Waals surface area contributed by atoms with Crippen LogP contribution >= 0.6 is 0 Å². The zero-order chi connectivity index (χ0) is 57.5. The molecule has 6 atom stereocenters. The maximum Gasteiger partial charge on any atom is 0.335 e. The summed E-state index contributed by atoms with van der Waals surface area (Å²) in [5.41, 5.74) is 0. The van der Waals surface area contributed by atoms with Gasteiger partial charge in [0, 0.05) is 12.8 Å². The molecule has 0 aromatic heterocycles. The van der Waals surface area contributed by atoms with E-state index < -0.39 is 67.3 Å². The summed E-state index contributed by atoms with van der Waals surface area (Å²) in [6, 6.07) is 0. The second-order valence-electron chi connectivity index (χ2n) is 19.1. The Morgan fingerprint density at radius 3 is 1.23 bits per heavy atom. The standard InChI is InChI=1S/C67H100O12/c1-4-7-10-13-16-19-22-25-28-29-30-31-34-35-38-41-44-47-50-53-59(68)75-56-58(77-60(69)54-51-48-45-42-39-36-32-26-23-20-17-14-11-8-5-2)57-76-67-65(63(72)62(71)64(79-67)66(73)74)78-61(70)55-52-49-46-43-40-37-33-27-24-21-18-15-12-9-6-3/h7-12,16-21,25-28,30-33,35,38-39,42,48,51,58,62-65,67,71-72H,4-6,13-15,22-24,29,34,36-37,40-41,43-47,49-50,52-57H2,1-3H3,(H,73,74)/b10-7-,11-8-,12-9-,19-16-,20-17-,21-18-,28-25-,31-30-,32-26-,33-27-,38-35-,42-39-,51-48-. The number of carbonyl (C=O) groups is 4. The van der Waals surface area contributed by atoms with Crippen molar-refractivity contribution >= 4 is 23.9 Å². The number of esters is 3. The molecule has 0 bridgehead atoms. The summed E-state index contributed by atoms with van der Waals surface area (Å²) < 4.78 is 28.2. The molecule has 1 aliphatic rings. The van der Waals surface area contributed by atoms with Gasteiger partial charge in [-0.05, 0) is 122 Å². The number of aliphatic hydroxyl groups is 2. The summed E-state index contributed by atoms with van der Waals surface area (Å²) in [5.74, 6) is -3.39. The van der Waals surface area contributed by atoms with Gasteiger partial charge in [-0.25, -0.2) is 4.79 Å². The van der Waals surface area contributed by atoms with Crippen molar-refractivity contribution in [1.82, 2.24) is 0 Å². The molecule has 0 radical (unpaired) electrons. The smallest absolute Gasteiger partial charge is 0.335 e. The Labute approximate surface area is 475 Å². The van der Waals surface area contributed by atoms with E-state index in [-0.39, 0.29) is 25.9 Å². The number of carboxylic acids is 1. The minimum atomic E-state index is -1.94. The lowest BCUT2D eigenvalue weighted by atomic mass is 9.98. The maximum absolute atomic E-state index is 13.1. The van der Waals surface area contributed by atoms with E-state index in [1.54, 1.807) is 6.08 Å². The third-order valence-corrected chi connectivity index (χ3v) is 12.1. The van der Waals surface area contributed by atoms with Crippen LogP contribution < -0.4 is 0 Å². The second-order valence-corrected chi connectivity index (χ2v) is 19.1. The van der Waals surface area contributed by atoms with Crippen LogP contribution in [-0.4, -0.2) is 89.2 Å². The van der Waals surface area contributed by atoms with E-state index in [2.05, 4.69) is 154 Å². The molecule has 12 nitrogen and oxygen atoms in total. The first-order chi connectivity index (χ1) is 38.6. The number of carbonyl (C=O) groups excluding carboxylic acids is 3. The monoisotopic (exact) mass is 1100 g/mol. The van der Waals surface area contributed by atoms with E-state index in [9.17, 15) is 34.5 Å². The Bertz CT molecular complexity index is 1980. The first-order valence-corrected chi connectivity index (χ1v) is 29.5. The molecule has 0 amide bonds. The van der Waals surface area contributed by atoms with Gasteiger partial charge in [0.1, 0.15) is 18.8 Å². The Morgan fingerprint density at radius 1 is 0.430 bits per heavy atom. The highest BCUT2D eigenvalue weighted by Gasteiger charge is 2.50. The van der Waals surface area contributed by atoms with Crippen LogP contribution in [0, 0.1) is 0 Å². The lowest BCUT2D eigenvalue weighted by Crippen LogP contribution is -2.61. The van der Waals surface area contributed by atoms with Crippen LogP contribution in [-0.2, 0) is 42.9 Å². The second kappa shape index (κ2) is 53.0. The van der Waals surface area contributed by atoms with Crippen LogP contribution in [0.4, 0.5) is 0 Å². The number of aliphatic carboxylic acids is 1. The SMILES string of the molecule is CC/C=C\C/C=C\C/C=C\C/C=C\C/C=C\CCCCCC(=O)OCC(COC1OC(C(=O)O)C(O)C(O)C1OC(=O)CCCCCCC/C=C\C/C=C\C/C=C\CC)OC(=O)C/C=C\C/C=C\C/C=C\C/C=C\C/C=C\CC. The molecule has 0 aliphatic carbocycles. The summed E-state index contributed by atoms with van der Waals surface area (Å²) in [6.07, 6.45) is 65.2. The molecule has 79 heavy (non-hydrogen) atoms. The highest BCUT2D eigenvalue weighted by Crippen LogP contribution is 2.26. The van der Waals surface area contributed by atoms with Crippen molar-refractivity contribution in [2.24, 2.45) is 0 Å². The number of hydrogen-bond donors (Lipinski definition) is 3. The first-order valence-electron chi connectivity index (χ1n) is 29.5. The summed E-state index contributed by atoms with van der Waals surface area (Å²) in [4.78, 5) is 51.1. The Hall–Kier alpha value is -5.66. The van der Waals surface area contributed by atoms with Crippen molar-refractivity contribution in [1.29, 1.82) is 0 Å². The molecule has 6 unspecified atom stereocenters. The van der Waals surface area contributed by atoms with Crippen LogP contribution in [0.5, 0.6) is 0 Å². The fraction of sp³-hybridized carbons (Fsp3) is 0.552. The zero-order valence-electron chi connectivity index (χ0n) is 48.3. The van der Waals surface area contributed by atoms with Crippen LogP contribution in [0.15, 0.2) is 158 Å². The van der Waals surface area contributed by atoms with Gasteiger partial charge in [0.25, 0.3) is 0 Å². The Balaban J connectivity index is 2.79. The van der Waals surface area contributed by atoms with Gasteiger partial charge in [-0.3, -0.25) is 14.4 Å². The van der Waals surface area contributed by atoms with Gasteiger partial charge in [-0.1, -0.05) is 204 Å². The van der Waals surface area contributed by atoms with E-state index in [0.717, 1.165) is 128 Å². The maximum atomic E-state index is 13.1. The van der Waals surface area contributed by atoms with E-state index in [4.69, 9.17) is 23.7 Å². The van der Waals surface area contributed by atoms with Crippen molar-refractivity contribution < 1.29 is 58.2 Å². The predicted octanol–water partition coefficient (Wildman–Crippen LogP) is 15.3. The van der Waals surface area contributed by atoms with Gasteiger partial charge in [0.15, 0.2) is 24.6 Å². The predicted molar refractivity (Wildman–Crippen MR) is 321 cm³/mol. The summed E-state index contributed by atoms with van der Waals surface area (Å²) >= 11 is 0. The summed E-state index contributed by atoms with van der Waals surface area (Å²) in [5, 5.41) is 31.5. The van der Waals surface area contributed by atoms with Gasteiger partial charge in [-0.2, -0.15) is 0 Å². The number of aliphatic hydroxyl groups excluding tert-OH is 2. The number of hydrogen-bond acceptors (Lipinski definition) is 11. The molecule has 3 N–H and O–H groups in total. The molecule has 0 aromatic rings. The number of carboxylic acid groups (broad SMARTS) is 1. The average molecular weight is 1100 g/mol. The van der Waals surface area contributed by atoms with Gasteiger partial charge in [0.2, 0.25) is 0 Å². The quantitative estimate of drug-likeness (QED) is 0.0228. The normalized spacial score (nSPS) is 19.0. The molecular weight excluding hydrogens is 997 g/mol. The highest BCUT2D eigenvalue weighted by molar-refractivity contribution is 5.74. The Kier molecular flexibility index (Phi) is 47.9. The van der Waals surface area contributed by atoms with E-state index in [0.29, 0.717) is 19.3 Å². The lowest BCUT2D eigenvalue weighted by molar-refractivity contribution is -0.301. The Morgan fingerprint density at radius 2 is 0.797 bits per heavy atom. The molecule has 12 heteroatoms. The molecular formula is C67H100O12. The van der Waals surface area contributed by atoms with Gasteiger partial charge < -0.3 is 39.0 Å². The van der Waals surface area contributed by atoms with Gasteiger partial charge in [-0.15, -0.1) is 0 Å². The van der Waals surface area contributed by atoms with Crippen molar-refractivity contribution in [2.75, 3.05) is 13.2 Å². The van der Waals surface area contributed by atoms with Crippen LogP contribution in [0.25, 0.3) is 0 Å². The first kappa shape index (κ1) is 71.4. The summed E-state index contributed by atoms with van der Waals surface area (Å²) in [6.45, 7) is 5.51. The molecule has 0 saturated carbocycles. The van der Waals surface area contributed by atoms with Crippen molar-refractivity contribution in [3.8, 4) is 0 Å². The van der Waals surface area contributed by atoms with Crippen molar-refractivity contribution in [3.05, 3.63) is 158 Å². The molecule has 1 rings (SSSR count). The van der Waals surface area contributed by atoms with E-state index in [1.165, 1.54) is 0 Å². The largest absolute Gasteiger partial charge is 0.479 e. The van der Waals surface area contributed by atoms with E-state index in [1.807, 2.05) is 18.2 Å². The topological polar surface area (TPSA) is 175 Å². The molecule has 1 heterocycles. The zero-order valence-corrected chi connectivity index (χ0v) is 48.3. The minimum Gasteiger partial charge on any atom is -0.479 e. The molecule has 0 aromatic carbocycles. The molecule has 440 valence electrons. The highest BCUT2D eigenvalue weighted by atomic mass is 16.7. The average Bonchev–Trinajstić information content (AvgIpc) is 3.46. The number of ether oxygens (including phenoxy) is 5. The van der Waals surface area contributed by atoms with Crippen LogP contribution in [0.3, 0.4) is 0 Å². The van der Waals surface area contributed by atoms with E-state index >= 15 is 0 Å². The van der Waals surface area contributed by atoms with Crippen molar-refractivity contribution in [3.63, 3.8) is 0 Å². The molecule has 0 spiro atoms. The van der Waals surface area contributed by atoms with Crippen LogP contribution in [0.1, 0.15) is 188 Å². The third kappa shape index (κ3) is 42.9. The summed E-state index contributed by atoms with van der Waals surface area (Å²) in [7, 11) is 0. The molecule has 1 saturated heterocycles. The fourth-order valence-corrected chi connectivity index (χ4v) is 7.72. The molecule has 1 fully saturated rings. The minimum absolute atomic E-state index is 0.0173. The third-order valence-electron chi connectivity index (χ3n) is 12.1. The van der Waals surface area contributed by atoms with Gasteiger partial charge >= 0.3 is 23.9 Å². The number of unbranched alkanes of at least 4 members (excludes halogenated alkanes) is 8. The number of rotatable bonds is 47.